The molecule has 0 bridgehead atoms. The lowest BCUT2D eigenvalue weighted by molar-refractivity contribution is -0.147. The smallest absolute Gasteiger partial charge is 0.431 e. The molecule has 0 saturated carbocycles. The molecule has 3 atom stereocenters. The van der Waals surface area contributed by atoms with Crippen molar-refractivity contribution in [2.75, 3.05) is 40.5 Å². The second kappa shape index (κ2) is 31.4. The number of hydrogen-bond donors (Lipinski definition) is 2. The summed E-state index contributed by atoms with van der Waals surface area (Å²) in [5.41, 5.74) is -10.2. The van der Waals surface area contributed by atoms with Gasteiger partial charge in [0, 0.05) is 38.2 Å². The number of aromatic nitrogens is 4. The van der Waals surface area contributed by atoms with Crippen LogP contribution in [-0.2, 0) is 80.5 Å². The van der Waals surface area contributed by atoms with Crippen molar-refractivity contribution < 1.29 is 97.1 Å². The number of benzene rings is 3. The van der Waals surface area contributed by atoms with Crippen molar-refractivity contribution in [3.8, 4) is 11.4 Å². The molecule has 3 aromatic carbocycles. The Labute approximate surface area is 516 Å². The molecule has 38 heteroatoms. The summed E-state index contributed by atoms with van der Waals surface area (Å²) >= 11 is 11.5. The number of aliphatic hydroxyl groups excluding tert-OH is 1. The summed E-state index contributed by atoms with van der Waals surface area (Å²) < 4.78 is 144. The third kappa shape index (κ3) is 18.5. The molecule has 2 aliphatic rings. The Morgan fingerprint density at radius 3 is 1.35 bits per heavy atom. The van der Waals surface area contributed by atoms with Crippen LogP contribution in [0.15, 0.2) is 94.7 Å². The van der Waals surface area contributed by atoms with E-state index in [2.05, 4.69) is 14.7 Å². The number of aliphatic imine (C=N–C) groups is 2. The number of carboxylic acid groups (broad SMARTS) is 1. The third-order valence-corrected chi connectivity index (χ3v) is 15.2. The summed E-state index contributed by atoms with van der Waals surface area (Å²) in [5, 5.41) is 12.7. The quantitative estimate of drug-likeness (QED) is 0.0560. The van der Waals surface area contributed by atoms with Crippen molar-refractivity contribution in [3.05, 3.63) is 141 Å². The molecule has 7 rings (SSSR count). The maximum atomic E-state index is 14.9. The van der Waals surface area contributed by atoms with E-state index in [-0.39, 0.29) is 81.8 Å². The molecule has 2 saturated heterocycles. The highest BCUT2D eigenvalue weighted by Crippen LogP contribution is 2.38. The predicted octanol–water partition coefficient (Wildman–Crippen LogP) is 5.56. The molecule has 2 fully saturated rings. The van der Waals surface area contributed by atoms with Crippen molar-refractivity contribution >= 4 is 115 Å². The topological polar surface area (TPSA) is 330 Å². The van der Waals surface area contributed by atoms with E-state index in [0.717, 1.165) is 67.6 Å². The number of carbonyl (C=O) groups is 6. The Morgan fingerprint density at radius 1 is 0.652 bits per heavy atom. The molecule has 25 nitrogen and oxygen atoms in total. The van der Waals surface area contributed by atoms with Crippen molar-refractivity contribution in [2.24, 2.45) is 24.1 Å². The van der Waals surface area contributed by atoms with Crippen molar-refractivity contribution in [3.63, 3.8) is 0 Å². The number of carbonyl (C=O) groups excluding carboxylic acids is 5. The Hall–Kier alpha value is -8.03. The molecule has 2 aromatic heterocycles. The number of hydrogen-bond acceptors (Lipinski definition) is 20. The molecule has 2 amide bonds. The second-order valence-electron chi connectivity index (χ2n) is 17.5. The highest BCUT2D eigenvalue weighted by Gasteiger charge is 2.43. The highest BCUT2D eigenvalue weighted by molar-refractivity contribution is 8.15. The van der Waals surface area contributed by atoms with Gasteiger partial charge in [-0.05, 0) is 68.2 Å². The van der Waals surface area contributed by atoms with Gasteiger partial charge >= 0.3 is 47.6 Å². The van der Waals surface area contributed by atoms with Gasteiger partial charge in [-0.3, -0.25) is 61.5 Å². The number of thioether (sulfide) groups is 2. The van der Waals surface area contributed by atoms with Crippen LogP contribution < -0.4 is 22.5 Å². The molecule has 0 spiro atoms. The van der Waals surface area contributed by atoms with Crippen molar-refractivity contribution in [2.45, 2.75) is 61.4 Å². The van der Waals surface area contributed by atoms with E-state index in [0.29, 0.717) is 28.8 Å². The minimum atomic E-state index is -5.04. The summed E-state index contributed by atoms with van der Waals surface area (Å²) in [7, 11) is 3.61. The lowest BCUT2D eigenvalue weighted by Crippen LogP contribution is -2.41. The summed E-state index contributed by atoms with van der Waals surface area (Å²) in [6.07, 6.45) is -11.1. The first-order chi connectivity index (χ1) is 41.5. The number of rotatable bonds is 15. The number of nitrogens with zero attached hydrogens (tertiary/aromatic N) is 8. The van der Waals surface area contributed by atoms with Gasteiger partial charge < -0.3 is 29.0 Å². The Morgan fingerprint density at radius 2 is 1.02 bits per heavy atom. The van der Waals surface area contributed by atoms with Gasteiger partial charge in [-0.15, -0.1) is 0 Å². The van der Waals surface area contributed by atoms with Crippen LogP contribution in [0.3, 0.4) is 0 Å². The molecule has 3 unspecified atom stereocenters. The van der Waals surface area contributed by atoms with Crippen LogP contribution in [0.4, 0.5) is 46.5 Å². The van der Waals surface area contributed by atoms with Crippen molar-refractivity contribution in [1.82, 2.24) is 28.1 Å². The largest absolute Gasteiger partial charge is 0.768 e. The fourth-order valence-electron chi connectivity index (χ4n) is 7.47. The SMILES string of the molecule is CCOC(=O)CN1C(=O)C(CC(=O)O)SC1=Nc1cc(-n2c(=O)cc(C(F)(F)F)n(C)c2=O)c(F)cc1Cl.CCOC(=O)CN1C(=O)C(CC(=O)OC)SC1=Nc1cc(-n2c(=O)cc(C(F)(F)F)n(C)c2=O)c(F)cc1Cl.CO.Cc1ccc(S(=O)[O-])cc1. The zero-order valence-corrected chi connectivity index (χ0v) is 50.7. The summed E-state index contributed by atoms with van der Waals surface area (Å²) in [6, 6.07) is 9.87. The summed E-state index contributed by atoms with van der Waals surface area (Å²) in [4.78, 5) is 133. The minimum Gasteiger partial charge on any atom is -0.768 e. The molecule has 2 N–H and O–H groups in total. The minimum absolute atomic E-state index is 0.00998. The van der Waals surface area contributed by atoms with E-state index in [4.69, 9.17) is 42.9 Å². The Bertz CT molecular complexity index is 3900. The second-order valence-corrected chi connectivity index (χ2v) is 21.6. The number of amides is 2. The van der Waals surface area contributed by atoms with Gasteiger partial charge in [0.2, 0.25) is 11.8 Å². The molecule has 0 radical (unpaired) electrons. The lowest BCUT2D eigenvalue weighted by atomic mass is 10.2. The average Bonchev–Trinajstić information content (AvgIpc) is 1.34. The van der Waals surface area contributed by atoms with Gasteiger partial charge in [0.1, 0.15) is 46.6 Å². The summed E-state index contributed by atoms with van der Waals surface area (Å²) in [5.74, 6) is -7.63. The van der Waals surface area contributed by atoms with E-state index in [1.165, 1.54) is 6.92 Å². The normalized spacial score (nSPS) is 16.0. The van der Waals surface area contributed by atoms with Gasteiger partial charge in [0.05, 0.1) is 66.0 Å². The zero-order chi connectivity index (χ0) is 67.3. The van der Waals surface area contributed by atoms with Gasteiger partial charge in [-0.1, -0.05) is 64.4 Å². The van der Waals surface area contributed by atoms with E-state index in [1.807, 2.05) is 6.92 Å². The Balaban J connectivity index is 0.000000321. The number of carboxylic acids is 1. The first-order valence-electron chi connectivity index (χ1n) is 24.7. The maximum absolute atomic E-state index is 14.9. The zero-order valence-electron chi connectivity index (χ0n) is 46.8. The molecule has 4 heterocycles. The van der Waals surface area contributed by atoms with Gasteiger partial charge in [-0.2, -0.15) is 26.3 Å². The lowest BCUT2D eigenvalue weighted by Gasteiger charge is -2.16. The van der Waals surface area contributed by atoms with Crippen LogP contribution in [-0.4, -0.2) is 144 Å². The van der Waals surface area contributed by atoms with E-state index in [9.17, 15) is 91.8 Å². The van der Waals surface area contributed by atoms with Crippen LogP contribution in [0.2, 0.25) is 10.0 Å². The number of aliphatic hydroxyl groups is 1. The number of ether oxygens (including phenoxy) is 3. The van der Waals surface area contributed by atoms with E-state index < -0.39 is 146 Å². The van der Waals surface area contributed by atoms with Crippen LogP contribution in [0.25, 0.3) is 11.4 Å². The molecular weight excluding hydrogens is 1320 g/mol. The van der Waals surface area contributed by atoms with Gasteiger partial charge in [0.15, 0.2) is 10.3 Å². The fraction of sp³-hybridized carbons (Fsp3) is 0.333. The fourth-order valence-corrected chi connectivity index (χ4v) is 10.5. The van der Waals surface area contributed by atoms with Crippen molar-refractivity contribution in [1.29, 1.82) is 0 Å². The number of amidine groups is 2. The van der Waals surface area contributed by atoms with E-state index >= 15 is 0 Å². The molecule has 482 valence electrons. The number of aryl methyl sites for hydroxylation is 1. The number of alkyl halides is 6. The summed E-state index contributed by atoms with van der Waals surface area (Å²) in [6.45, 7) is 3.74. The van der Waals surface area contributed by atoms with Crippen LogP contribution in [0.1, 0.15) is 43.6 Å². The van der Waals surface area contributed by atoms with Crippen LogP contribution in [0.5, 0.6) is 0 Å². The average molecular weight is 1360 g/mol. The molecule has 2 aliphatic heterocycles. The predicted molar refractivity (Wildman–Crippen MR) is 304 cm³/mol. The maximum Gasteiger partial charge on any atom is 0.431 e. The van der Waals surface area contributed by atoms with E-state index in [1.54, 1.807) is 31.2 Å². The number of esters is 3. The molecule has 89 heavy (non-hydrogen) atoms. The van der Waals surface area contributed by atoms with Gasteiger partial charge in [0.25, 0.3) is 11.1 Å². The first kappa shape index (κ1) is 73.4. The highest BCUT2D eigenvalue weighted by atomic mass is 35.5. The Kier molecular flexibility index (Phi) is 25.9. The van der Waals surface area contributed by atoms with Crippen LogP contribution in [0, 0.1) is 18.6 Å². The first-order valence-corrected chi connectivity index (χ1v) is 28.3. The van der Waals surface area contributed by atoms with Crippen LogP contribution >= 0.6 is 46.7 Å². The molecule has 0 aliphatic carbocycles. The number of halogens is 10. The molecule has 5 aromatic rings. The standard InChI is InChI=1S/C22H19ClF4N4O7S.C21H17ClF4N4O7S.C7H8O2S.CH4O/c1-4-38-18(34)9-30-19(35)14(7-17(33)37-3)39-20(30)28-12-6-13(11(24)5-10(12)23)31-16(32)8-15(22(25,26)27)29(2)21(31)36;1-3-37-17(34)8-29-18(35)13(6-16(32)33)38-19(29)27-11-5-12(10(23)4-9(11)22)30-15(31)7-14(21(24,25)26)28(2)20(30)36;1-6-2-4-7(5-3-6)10(8)9;1-2/h5-6,8,14H,4,7,9H2,1-3H3;4-5,7,13H,3,6,8H2,1-2H3,(H,32,33);2-5H,1H3,(H,8,9);2H,1H3/p-1. The number of aliphatic carboxylic acids is 1. The monoisotopic (exact) mass is 1360 g/mol. The van der Waals surface area contributed by atoms with Gasteiger partial charge in [-0.25, -0.2) is 37.5 Å². The third-order valence-electron chi connectivity index (χ3n) is 11.5. The number of methoxy groups -OCH3 is 1. The molecular formula is C51H47Cl2F8N8O17S3-.